The van der Waals surface area contributed by atoms with Crippen LogP contribution in [0.25, 0.3) is 21.6 Å². The van der Waals surface area contributed by atoms with E-state index in [-0.39, 0.29) is 6.61 Å². The normalized spacial score (nSPS) is 10.8. The van der Waals surface area contributed by atoms with Crippen molar-refractivity contribution >= 4 is 22.9 Å². The molecule has 0 radical (unpaired) electrons. The fourth-order valence-corrected chi connectivity index (χ4v) is 4.22. The molecule has 0 spiro atoms. The van der Waals surface area contributed by atoms with Crippen LogP contribution in [0.5, 0.6) is 5.75 Å². The molecule has 0 aliphatic rings. The molecule has 5 heteroatoms. The number of aromatic nitrogens is 1. The standard InChI is InChI=1S/C23H18ClNO2S/c24-18-6-7-22(27-15-16-4-2-1-3-5-16)21(12-18)20-9-11-28-23(20)19-8-10-25-13-17(19)14-26/h1-13,26H,14-15H2. The van der Waals surface area contributed by atoms with Gasteiger partial charge in [0.25, 0.3) is 0 Å². The van der Waals surface area contributed by atoms with E-state index in [4.69, 9.17) is 16.3 Å². The summed E-state index contributed by atoms with van der Waals surface area (Å²) in [6.07, 6.45) is 3.44. The first kappa shape index (κ1) is 18.7. The predicted octanol–water partition coefficient (Wildman–Crippen LogP) is 6.20. The van der Waals surface area contributed by atoms with E-state index in [1.807, 2.05) is 60.0 Å². The van der Waals surface area contributed by atoms with Gasteiger partial charge in [-0.1, -0.05) is 41.9 Å². The van der Waals surface area contributed by atoms with Crippen molar-refractivity contribution in [1.82, 2.24) is 4.98 Å². The summed E-state index contributed by atoms with van der Waals surface area (Å²) < 4.78 is 6.13. The van der Waals surface area contributed by atoms with E-state index in [2.05, 4.69) is 11.1 Å². The highest BCUT2D eigenvalue weighted by molar-refractivity contribution is 7.14. The van der Waals surface area contributed by atoms with Crippen molar-refractivity contribution in [3.05, 3.63) is 94.6 Å². The number of nitrogens with zero attached hydrogens (tertiary/aromatic N) is 1. The largest absolute Gasteiger partial charge is 0.488 e. The van der Waals surface area contributed by atoms with Crippen LogP contribution in [0.2, 0.25) is 5.02 Å². The van der Waals surface area contributed by atoms with Gasteiger partial charge in [-0.05, 0) is 41.3 Å². The molecule has 0 atom stereocenters. The first-order valence-electron chi connectivity index (χ1n) is 8.84. The fraction of sp³-hybridized carbons (Fsp3) is 0.0870. The molecule has 28 heavy (non-hydrogen) atoms. The summed E-state index contributed by atoms with van der Waals surface area (Å²) in [5, 5.41) is 12.4. The number of halogens is 1. The Morgan fingerprint density at radius 1 is 0.964 bits per heavy atom. The molecule has 3 nitrogen and oxygen atoms in total. The van der Waals surface area contributed by atoms with Gasteiger partial charge in [0, 0.05) is 44.5 Å². The highest BCUT2D eigenvalue weighted by Crippen LogP contribution is 2.42. The number of pyridine rings is 1. The number of aliphatic hydroxyl groups excluding tert-OH is 1. The number of aliphatic hydroxyl groups is 1. The third kappa shape index (κ3) is 3.94. The van der Waals surface area contributed by atoms with Gasteiger partial charge in [0.2, 0.25) is 0 Å². The summed E-state index contributed by atoms with van der Waals surface area (Å²) in [5.41, 5.74) is 4.82. The van der Waals surface area contributed by atoms with Crippen molar-refractivity contribution in [2.75, 3.05) is 0 Å². The topological polar surface area (TPSA) is 42.4 Å². The summed E-state index contributed by atoms with van der Waals surface area (Å²) in [6.45, 7) is 0.416. The highest BCUT2D eigenvalue weighted by Gasteiger charge is 2.16. The summed E-state index contributed by atoms with van der Waals surface area (Å²) in [4.78, 5) is 5.18. The first-order chi connectivity index (χ1) is 13.8. The second-order valence-electron chi connectivity index (χ2n) is 6.27. The Kier molecular flexibility index (Phi) is 5.72. The van der Waals surface area contributed by atoms with Gasteiger partial charge in [-0.15, -0.1) is 11.3 Å². The van der Waals surface area contributed by atoms with Crippen LogP contribution in [-0.2, 0) is 13.2 Å². The Labute approximate surface area is 172 Å². The van der Waals surface area contributed by atoms with Crippen LogP contribution in [0.15, 0.2) is 78.4 Å². The summed E-state index contributed by atoms with van der Waals surface area (Å²) in [6, 6.07) is 19.7. The maximum atomic E-state index is 9.71. The molecule has 0 unspecified atom stereocenters. The summed E-state index contributed by atoms with van der Waals surface area (Å²) >= 11 is 7.92. The Hall–Kier alpha value is -2.66. The molecular formula is C23H18ClNO2S. The van der Waals surface area contributed by atoms with Crippen molar-refractivity contribution < 1.29 is 9.84 Å². The van der Waals surface area contributed by atoms with Crippen molar-refractivity contribution in [3.63, 3.8) is 0 Å². The van der Waals surface area contributed by atoms with E-state index in [1.165, 1.54) is 0 Å². The van der Waals surface area contributed by atoms with Gasteiger partial charge < -0.3 is 9.84 Å². The third-order valence-corrected chi connectivity index (χ3v) is 5.64. The van der Waals surface area contributed by atoms with Gasteiger partial charge in [0.1, 0.15) is 12.4 Å². The summed E-state index contributed by atoms with van der Waals surface area (Å²) in [7, 11) is 0. The quantitative estimate of drug-likeness (QED) is 0.413. The van der Waals surface area contributed by atoms with Gasteiger partial charge in [-0.3, -0.25) is 4.98 Å². The molecule has 0 aliphatic carbocycles. The van der Waals surface area contributed by atoms with E-state index in [1.54, 1.807) is 23.7 Å². The van der Waals surface area contributed by atoms with Crippen molar-refractivity contribution in [1.29, 1.82) is 0 Å². The molecule has 0 saturated heterocycles. The van der Waals surface area contributed by atoms with Crippen molar-refractivity contribution in [2.24, 2.45) is 0 Å². The molecule has 0 aliphatic heterocycles. The van der Waals surface area contributed by atoms with Gasteiger partial charge in [-0.25, -0.2) is 0 Å². The Balaban J connectivity index is 1.74. The van der Waals surface area contributed by atoms with Crippen LogP contribution in [0.1, 0.15) is 11.1 Å². The number of hydrogen-bond donors (Lipinski definition) is 1. The minimum Gasteiger partial charge on any atom is -0.488 e. The van der Waals surface area contributed by atoms with Crippen molar-refractivity contribution in [2.45, 2.75) is 13.2 Å². The zero-order valence-corrected chi connectivity index (χ0v) is 16.6. The molecule has 140 valence electrons. The van der Waals surface area contributed by atoms with E-state index < -0.39 is 0 Å². The van der Waals surface area contributed by atoms with Gasteiger partial charge in [0.15, 0.2) is 0 Å². The highest BCUT2D eigenvalue weighted by atomic mass is 35.5. The molecule has 2 heterocycles. The van der Waals surface area contributed by atoms with E-state index in [0.29, 0.717) is 11.6 Å². The lowest BCUT2D eigenvalue weighted by atomic mass is 10.00. The molecule has 4 aromatic rings. The average Bonchev–Trinajstić information content (AvgIpc) is 3.23. The molecular weight excluding hydrogens is 390 g/mol. The van der Waals surface area contributed by atoms with Crippen LogP contribution in [0, 0.1) is 0 Å². The van der Waals surface area contributed by atoms with Gasteiger partial charge in [-0.2, -0.15) is 0 Å². The number of benzene rings is 2. The van der Waals surface area contributed by atoms with Crippen LogP contribution in [-0.4, -0.2) is 10.1 Å². The minimum atomic E-state index is -0.0621. The Morgan fingerprint density at radius 3 is 2.64 bits per heavy atom. The molecule has 2 aromatic carbocycles. The maximum absolute atomic E-state index is 9.71. The van der Waals surface area contributed by atoms with Crippen LogP contribution >= 0.6 is 22.9 Å². The number of thiophene rings is 1. The predicted molar refractivity (Wildman–Crippen MR) is 115 cm³/mol. The lowest BCUT2D eigenvalue weighted by Crippen LogP contribution is -1.97. The third-order valence-electron chi connectivity index (χ3n) is 4.45. The monoisotopic (exact) mass is 407 g/mol. The summed E-state index contributed by atoms with van der Waals surface area (Å²) in [5.74, 6) is 0.771. The van der Waals surface area contributed by atoms with Gasteiger partial charge in [0.05, 0.1) is 6.61 Å². The minimum absolute atomic E-state index is 0.0621. The molecule has 0 fully saturated rings. The number of rotatable bonds is 6. The average molecular weight is 408 g/mol. The van der Waals surface area contributed by atoms with Gasteiger partial charge >= 0.3 is 0 Å². The lowest BCUT2D eigenvalue weighted by molar-refractivity contribution is 0.282. The zero-order chi connectivity index (χ0) is 19.3. The van der Waals surface area contributed by atoms with E-state index >= 15 is 0 Å². The van der Waals surface area contributed by atoms with E-state index in [0.717, 1.165) is 38.4 Å². The maximum Gasteiger partial charge on any atom is 0.127 e. The molecule has 1 N–H and O–H groups in total. The molecule has 0 saturated carbocycles. The number of hydrogen-bond acceptors (Lipinski definition) is 4. The Morgan fingerprint density at radius 2 is 1.82 bits per heavy atom. The van der Waals surface area contributed by atoms with Crippen molar-refractivity contribution in [3.8, 4) is 27.3 Å². The smallest absolute Gasteiger partial charge is 0.127 e. The van der Waals surface area contributed by atoms with E-state index in [9.17, 15) is 5.11 Å². The SMILES string of the molecule is OCc1cnccc1-c1sccc1-c1cc(Cl)ccc1OCc1ccccc1. The Bertz CT molecular complexity index is 1080. The second kappa shape index (κ2) is 8.57. The molecule has 0 amide bonds. The fourth-order valence-electron chi connectivity index (χ4n) is 3.08. The molecule has 4 rings (SSSR count). The van der Waals surface area contributed by atoms with Crippen LogP contribution in [0.4, 0.5) is 0 Å². The molecule has 0 bridgehead atoms. The molecule has 2 aromatic heterocycles. The second-order valence-corrected chi connectivity index (χ2v) is 7.62. The first-order valence-corrected chi connectivity index (χ1v) is 10.1. The lowest BCUT2D eigenvalue weighted by Gasteiger charge is -2.14. The number of ether oxygens (including phenoxy) is 1. The van der Waals surface area contributed by atoms with Crippen LogP contribution in [0.3, 0.4) is 0 Å². The van der Waals surface area contributed by atoms with Crippen LogP contribution < -0.4 is 4.74 Å². The zero-order valence-electron chi connectivity index (χ0n) is 15.0.